The molecule has 0 amide bonds. The van der Waals surface area contributed by atoms with Crippen LogP contribution in [0.1, 0.15) is 0 Å². The van der Waals surface area contributed by atoms with E-state index in [0.717, 1.165) is 0 Å². The normalized spacial score (nSPS) is 9.43. The molecule has 0 radical (unpaired) electrons. The molecule has 0 nitrogen and oxygen atoms in total. The summed E-state index contributed by atoms with van der Waals surface area (Å²) in [6, 6.07) is 4.24. The second kappa shape index (κ2) is 2.63. The number of hydrogen-bond donors (Lipinski definition) is 0. The van der Waals surface area contributed by atoms with E-state index in [4.69, 9.17) is 0 Å². The van der Waals surface area contributed by atoms with Crippen molar-refractivity contribution in [3.63, 3.8) is 0 Å². The van der Waals surface area contributed by atoms with Crippen LogP contribution in [-0.4, -0.2) is 0 Å². The smallest absolute Gasteiger partial charge is 0.0664 e. The van der Waals surface area contributed by atoms with Gasteiger partial charge in [0.15, 0.2) is 0 Å². The molecule has 0 aliphatic heterocycles. The highest BCUT2D eigenvalue weighted by molar-refractivity contribution is 14.1. The first kappa shape index (κ1) is 6.28. The molecule has 0 bridgehead atoms. The van der Waals surface area contributed by atoms with Crippen molar-refractivity contribution >= 4 is 56.5 Å². The van der Waals surface area contributed by atoms with Crippen LogP contribution in [0.4, 0.5) is 0 Å². The Kier molecular flexibility index (Phi) is 2.36. The van der Waals surface area contributed by atoms with E-state index in [2.05, 4.69) is 57.3 Å². The Morgan fingerprint density at radius 2 is 1.57 bits per heavy atom. The number of rotatable bonds is 0. The first-order valence-electron chi connectivity index (χ1n) is 1.70. The van der Waals surface area contributed by atoms with Gasteiger partial charge in [-0.1, -0.05) is 0 Å². The summed E-state index contributed by atoms with van der Waals surface area (Å²) in [5, 5.41) is 0. The van der Waals surface area contributed by atoms with E-state index >= 15 is 0 Å². The average molecular weight is 338 g/mol. The van der Waals surface area contributed by atoms with Gasteiger partial charge in [-0.15, -0.1) is 11.3 Å². The van der Waals surface area contributed by atoms with Gasteiger partial charge in [-0.25, -0.2) is 0 Å². The van der Waals surface area contributed by atoms with Crippen molar-refractivity contribution < 1.29 is 0 Å². The standard InChI is InChI=1S/C4H2I2S/c5-3-1-2-4(6)7-3/h1-2H/i1+1,2+1. The molecule has 0 atom stereocenters. The summed E-state index contributed by atoms with van der Waals surface area (Å²) < 4.78 is 2.73. The van der Waals surface area contributed by atoms with Crippen molar-refractivity contribution in [3.05, 3.63) is 17.9 Å². The quantitative estimate of drug-likeness (QED) is 0.638. The maximum Gasteiger partial charge on any atom is 0.0664 e. The largest absolute Gasteiger partial charge is 0.123 e. The van der Waals surface area contributed by atoms with Crippen LogP contribution in [0.3, 0.4) is 0 Å². The van der Waals surface area contributed by atoms with E-state index < -0.39 is 0 Å². The van der Waals surface area contributed by atoms with Crippen molar-refractivity contribution in [1.29, 1.82) is 0 Å². The Labute approximate surface area is 73.6 Å². The van der Waals surface area contributed by atoms with Crippen molar-refractivity contribution in [2.45, 2.75) is 0 Å². The SMILES string of the molecule is Ic1[13cH][13cH]c(I)s1. The topological polar surface area (TPSA) is 0 Å². The number of hydrogen-bond acceptors (Lipinski definition) is 1. The molecule has 0 aromatic carbocycles. The maximum absolute atomic E-state index is 2.31. The van der Waals surface area contributed by atoms with Gasteiger partial charge in [-0.3, -0.25) is 0 Å². The zero-order valence-corrected chi connectivity index (χ0v) is 8.45. The third-order valence-electron chi connectivity index (χ3n) is 0.540. The summed E-state index contributed by atoms with van der Waals surface area (Å²) in [4.78, 5) is 0. The summed E-state index contributed by atoms with van der Waals surface area (Å²) in [6.45, 7) is 0. The van der Waals surface area contributed by atoms with Gasteiger partial charge in [0.2, 0.25) is 0 Å². The third kappa shape index (κ3) is 1.85. The van der Waals surface area contributed by atoms with Gasteiger partial charge in [0.25, 0.3) is 0 Å². The van der Waals surface area contributed by atoms with Crippen molar-refractivity contribution in [3.8, 4) is 0 Å². The lowest BCUT2D eigenvalue weighted by Crippen LogP contribution is -1.39. The fraction of sp³-hybridized carbons (Fsp3) is 0. The van der Waals surface area contributed by atoms with E-state index in [1.807, 2.05) is 11.3 Å². The van der Waals surface area contributed by atoms with Crippen LogP contribution in [0.5, 0.6) is 0 Å². The molecule has 0 saturated heterocycles. The number of thiophene rings is 1. The van der Waals surface area contributed by atoms with E-state index in [9.17, 15) is 0 Å². The fourth-order valence-corrected chi connectivity index (χ4v) is 3.80. The maximum atomic E-state index is 2.31. The molecule has 38 valence electrons. The zero-order chi connectivity index (χ0) is 5.28. The average Bonchev–Trinajstić information content (AvgIpc) is 1.87. The summed E-state index contributed by atoms with van der Waals surface area (Å²) in [5.74, 6) is 0. The van der Waals surface area contributed by atoms with E-state index in [1.165, 1.54) is 5.77 Å². The lowest BCUT2D eigenvalue weighted by atomic mass is 11.3. The molecular formula is C4H2I2S. The predicted molar refractivity (Wildman–Crippen MR) is 49.8 cm³/mol. The molecule has 0 aliphatic carbocycles. The minimum atomic E-state index is 1.36. The lowest BCUT2D eigenvalue weighted by molar-refractivity contribution is 1.93. The summed E-state index contributed by atoms with van der Waals surface area (Å²) in [6.07, 6.45) is 0. The second-order valence-corrected chi connectivity index (χ2v) is 5.92. The van der Waals surface area contributed by atoms with Crippen LogP contribution in [0.15, 0.2) is 12.1 Å². The minimum Gasteiger partial charge on any atom is -0.123 e. The van der Waals surface area contributed by atoms with Crippen LogP contribution in [-0.2, 0) is 0 Å². The van der Waals surface area contributed by atoms with Gasteiger partial charge in [-0.2, -0.15) is 0 Å². The first-order chi connectivity index (χ1) is 3.29. The number of halogens is 2. The van der Waals surface area contributed by atoms with Crippen molar-refractivity contribution in [1.82, 2.24) is 0 Å². The molecular weight excluding hydrogens is 336 g/mol. The van der Waals surface area contributed by atoms with Crippen LogP contribution in [0, 0.1) is 5.77 Å². The van der Waals surface area contributed by atoms with E-state index in [0.29, 0.717) is 0 Å². The third-order valence-corrected chi connectivity index (χ3v) is 3.24. The van der Waals surface area contributed by atoms with Crippen LogP contribution in [0.25, 0.3) is 0 Å². The predicted octanol–water partition coefficient (Wildman–Crippen LogP) is 2.96. The van der Waals surface area contributed by atoms with Gasteiger partial charge in [-0.05, 0) is 57.3 Å². The Morgan fingerprint density at radius 3 is 1.71 bits per heavy atom. The Bertz CT molecular complexity index is 142. The summed E-state index contributed by atoms with van der Waals surface area (Å²) in [7, 11) is 0. The van der Waals surface area contributed by atoms with E-state index in [1.54, 1.807) is 0 Å². The molecule has 0 fully saturated rings. The fourth-order valence-electron chi connectivity index (χ4n) is 0.292. The Morgan fingerprint density at radius 1 is 1.14 bits per heavy atom. The van der Waals surface area contributed by atoms with Gasteiger partial charge >= 0.3 is 0 Å². The summed E-state index contributed by atoms with van der Waals surface area (Å²) >= 11 is 6.44. The molecule has 0 spiro atoms. The van der Waals surface area contributed by atoms with E-state index in [-0.39, 0.29) is 0 Å². The van der Waals surface area contributed by atoms with Crippen LogP contribution in [0.2, 0.25) is 0 Å². The van der Waals surface area contributed by atoms with Crippen molar-refractivity contribution in [2.75, 3.05) is 0 Å². The molecule has 0 saturated carbocycles. The van der Waals surface area contributed by atoms with Gasteiger partial charge in [0.05, 0.1) is 5.77 Å². The Balaban J connectivity index is 3.04. The van der Waals surface area contributed by atoms with Crippen LogP contribution < -0.4 is 0 Å². The lowest BCUT2D eigenvalue weighted by Gasteiger charge is -1.67. The minimum absolute atomic E-state index is 1.36. The highest BCUT2D eigenvalue weighted by atomic mass is 127. The first-order valence-corrected chi connectivity index (χ1v) is 4.67. The second-order valence-electron chi connectivity index (χ2n) is 1.04. The zero-order valence-electron chi connectivity index (χ0n) is 3.32. The summed E-state index contributed by atoms with van der Waals surface area (Å²) in [5.41, 5.74) is 0. The highest BCUT2D eigenvalue weighted by Crippen LogP contribution is 2.18. The van der Waals surface area contributed by atoms with Gasteiger partial charge < -0.3 is 0 Å². The monoisotopic (exact) mass is 338 g/mol. The molecule has 0 N–H and O–H groups in total. The molecule has 7 heavy (non-hydrogen) atoms. The molecule has 1 aromatic rings. The molecule has 0 unspecified atom stereocenters. The molecule has 1 rings (SSSR count). The molecule has 1 aromatic heterocycles. The molecule has 3 heteroatoms. The van der Waals surface area contributed by atoms with Crippen LogP contribution >= 0.6 is 56.5 Å². The molecule has 1 heterocycles. The van der Waals surface area contributed by atoms with Gasteiger partial charge in [0.1, 0.15) is 0 Å². The highest BCUT2D eigenvalue weighted by Gasteiger charge is 1.87. The molecule has 0 aliphatic rings. The Hall–Kier alpha value is 1.16. The van der Waals surface area contributed by atoms with Crippen molar-refractivity contribution in [2.24, 2.45) is 0 Å². The van der Waals surface area contributed by atoms with Gasteiger partial charge in [0, 0.05) is 0 Å².